The Kier molecular flexibility index (Phi) is 6.69. The smallest absolute Gasteiger partial charge is 0.332 e. The van der Waals surface area contributed by atoms with Crippen molar-refractivity contribution in [3.63, 3.8) is 0 Å². The summed E-state index contributed by atoms with van der Waals surface area (Å²) in [4.78, 5) is 0. The van der Waals surface area contributed by atoms with Gasteiger partial charge in [-0.25, -0.2) is 0 Å². The minimum absolute atomic E-state index is 0.0248. The fourth-order valence-electron chi connectivity index (χ4n) is 1.62. The number of benzene rings is 1. The van der Waals surface area contributed by atoms with E-state index in [9.17, 15) is 9.67 Å². The van der Waals surface area contributed by atoms with E-state index in [1.54, 1.807) is 0 Å². The molecule has 0 spiro atoms. The molecule has 0 saturated heterocycles. The normalized spacial score (nSPS) is 15.2. The molecule has 1 rings (SSSR count). The highest BCUT2D eigenvalue weighted by Gasteiger charge is 2.28. The molecule has 0 aliphatic carbocycles. The molecule has 0 aliphatic heterocycles. The predicted octanol–water partition coefficient (Wildman–Crippen LogP) is 2.01. The maximum absolute atomic E-state index is 11.9. The monoisotopic (exact) mass is 287 g/mol. The molecule has 1 aromatic carbocycles. The van der Waals surface area contributed by atoms with Gasteiger partial charge in [0, 0.05) is 26.8 Å². The highest BCUT2D eigenvalue weighted by atomic mass is 31.2. The zero-order chi connectivity index (χ0) is 14.3. The largest absolute Gasteiger partial charge is 0.391 e. The Balaban J connectivity index is 2.45. The van der Waals surface area contributed by atoms with E-state index < -0.39 is 13.7 Å². The molecule has 108 valence electrons. The summed E-state index contributed by atoms with van der Waals surface area (Å²) in [6.07, 6.45) is -0.822. The molecule has 0 bridgehead atoms. The zero-order valence-electron chi connectivity index (χ0n) is 11.6. The molecule has 0 aliphatic rings. The molecule has 1 aromatic rings. The Labute approximate surface area is 114 Å². The summed E-state index contributed by atoms with van der Waals surface area (Å²) in [5.41, 5.74) is 1.13. The number of hydrogen-bond acceptors (Lipinski definition) is 5. The molecule has 0 saturated carbocycles. The Morgan fingerprint density at radius 3 is 2.37 bits per heavy atom. The topological polar surface area (TPSA) is 67.8 Å². The molecular formula is C13H22NO4P. The number of aliphatic hydroxyl groups is 1. The van der Waals surface area contributed by atoms with Crippen molar-refractivity contribution in [2.75, 3.05) is 20.4 Å². The molecule has 0 amide bonds. The summed E-state index contributed by atoms with van der Waals surface area (Å²) < 4.78 is 21.5. The number of rotatable bonds is 8. The van der Waals surface area contributed by atoms with Crippen LogP contribution in [0.15, 0.2) is 30.3 Å². The molecule has 2 N–H and O–H groups in total. The van der Waals surface area contributed by atoms with Crippen LogP contribution in [-0.2, 0) is 20.2 Å². The van der Waals surface area contributed by atoms with Crippen LogP contribution in [0.5, 0.6) is 0 Å². The molecule has 0 unspecified atom stereocenters. The highest BCUT2D eigenvalue weighted by Crippen LogP contribution is 2.46. The van der Waals surface area contributed by atoms with E-state index in [1.165, 1.54) is 14.2 Å². The van der Waals surface area contributed by atoms with Gasteiger partial charge in [0.1, 0.15) is 0 Å². The fourth-order valence-corrected chi connectivity index (χ4v) is 2.84. The molecule has 5 nitrogen and oxygen atoms in total. The van der Waals surface area contributed by atoms with Crippen molar-refractivity contribution in [1.29, 1.82) is 0 Å². The first-order valence-electron chi connectivity index (χ1n) is 6.16. The third-order valence-electron chi connectivity index (χ3n) is 3.02. The summed E-state index contributed by atoms with van der Waals surface area (Å²) in [6.45, 7) is 2.48. The highest BCUT2D eigenvalue weighted by molar-refractivity contribution is 7.53. The fraction of sp³-hybridized carbons (Fsp3) is 0.538. The lowest BCUT2D eigenvalue weighted by atomic mass is 10.2. The van der Waals surface area contributed by atoms with Crippen LogP contribution < -0.4 is 5.32 Å². The van der Waals surface area contributed by atoms with E-state index in [2.05, 4.69) is 5.32 Å². The lowest BCUT2D eigenvalue weighted by Crippen LogP contribution is -2.39. The number of aliphatic hydroxyl groups excluding tert-OH is 1. The Hall–Kier alpha value is -0.710. The molecule has 0 fully saturated rings. The molecule has 0 heterocycles. The molecule has 6 heteroatoms. The van der Waals surface area contributed by atoms with Crippen LogP contribution in [0.3, 0.4) is 0 Å². The van der Waals surface area contributed by atoms with E-state index >= 15 is 0 Å². The van der Waals surface area contributed by atoms with E-state index in [0.29, 0.717) is 6.54 Å². The van der Waals surface area contributed by atoms with Gasteiger partial charge >= 0.3 is 7.60 Å². The molecule has 19 heavy (non-hydrogen) atoms. The van der Waals surface area contributed by atoms with Crippen molar-refractivity contribution < 1.29 is 18.7 Å². The van der Waals surface area contributed by atoms with Crippen molar-refractivity contribution in [2.24, 2.45) is 0 Å². The second-order valence-electron chi connectivity index (χ2n) is 4.38. The number of hydrogen-bond donors (Lipinski definition) is 2. The van der Waals surface area contributed by atoms with Gasteiger partial charge in [-0.15, -0.1) is 0 Å². The SMILES string of the molecule is COP(=O)(C[C@@H](O)[C@H](C)NCc1ccccc1)OC. The second kappa shape index (κ2) is 7.78. The maximum atomic E-state index is 11.9. The van der Waals surface area contributed by atoms with Crippen LogP contribution in [0, 0.1) is 0 Å². The first kappa shape index (κ1) is 16.3. The Morgan fingerprint density at radius 1 is 1.26 bits per heavy atom. The first-order chi connectivity index (χ1) is 9.00. The van der Waals surface area contributed by atoms with Gasteiger partial charge in [-0.1, -0.05) is 30.3 Å². The van der Waals surface area contributed by atoms with Crippen LogP contribution >= 0.6 is 7.60 Å². The standard InChI is InChI=1S/C13H22NO4P/c1-11(13(15)10-19(16,17-2)18-3)14-9-12-7-5-4-6-8-12/h4-8,11,13-15H,9-10H2,1-3H3/t11-,13+/m0/s1. The van der Waals surface area contributed by atoms with Gasteiger partial charge < -0.3 is 19.5 Å². The zero-order valence-corrected chi connectivity index (χ0v) is 12.5. The lowest BCUT2D eigenvalue weighted by Gasteiger charge is -2.23. The molecule has 0 aromatic heterocycles. The maximum Gasteiger partial charge on any atom is 0.332 e. The molecule has 0 radical (unpaired) electrons. The average molecular weight is 287 g/mol. The summed E-state index contributed by atoms with van der Waals surface area (Å²) >= 11 is 0. The van der Waals surface area contributed by atoms with Gasteiger partial charge in [0.25, 0.3) is 0 Å². The summed E-state index contributed by atoms with van der Waals surface area (Å²) in [7, 11) is -0.540. The third kappa shape index (κ3) is 5.43. The Morgan fingerprint density at radius 2 is 1.84 bits per heavy atom. The van der Waals surface area contributed by atoms with E-state index in [4.69, 9.17) is 9.05 Å². The minimum atomic E-state index is -3.18. The van der Waals surface area contributed by atoms with Gasteiger partial charge in [-0.2, -0.15) is 0 Å². The van der Waals surface area contributed by atoms with Crippen molar-refractivity contribution in [3.05, 3.63) is 35.9 Å². The van der Waals surface area contributed by atoms with E-state index in [-0.39, 0.29) is 12.2 Å². The van der Waals surface area contributed by atoms with Crippen LogP contribution in [0.4, 0.5) is 0 Å². The van der Waals surface area contributed by atoms with E-state index in [0.717, 1.165) is 5.56 Å². The third-order valence-corrected chi connectivity index (χ3v) is 4.95. The van der Waals surface area contributed by atoms with Gasteiger partial charge in [0.05, 0.1) is 12.3 Å². The summed E-state index contributed by atoms with van der Waals surface area (Å²) in [5.74, 6) is 0. The molecular weight excluding hydrogens is 265 g/mol. The van der Waals surface area contributed by atoms with Crippen molar-refractivity contribution in [2.45, 2.75) is 25.6 Å². The van der Waals surface area contributed by atoms with Crippen LogP contribution in [-0.4, -0.2) is 37.6 Å². The van der Waals surface area contributed by atoms with Crippen LogP contribution in [0.2, 0.25) is 0 Å². The van der Waals surface area contributed by atoms with Gasteiger partial charge in [0.15, 0.2) is 0 Å². The van der Waals surface area contributed by atoms with Crippen molar-refractivity contribution in [1.82, 2.24) is 5.32 Å². The Bertz CT molecular complexity index is 404. The van der Waals surface area contributed by atoms with Crippen LogP contribution in [0.25, 0.3) is 0 Å². The summed E-state index contributed by atoms with van der Waals surface area (Å²) in [6, 6.07) is 9.67. The second-order valence-corrected chi connectivity index (χ2v) is 6.70. The predicted molar refractivity (Wildman–Crippen MR) is 75.2 cm³/mol. The van der Waals surface area contributed by atoms with Gasteiger partial charge in [0.2, 0.25) is 0 Å². The summed E-state index contributed by atoms with van der Waals surface area (Å²) in [5, 5.41) is 13.2. The quantitative estimate of drug-likeness (QED) is 0.716. The molecule has 2 atom stereocenters. The van der Waals surface area contributed by atoms with Gasteiger partial charge in [-0.3, -0.25) is 4.57 Å². The average Bonchev–Trinajstić information content (AvgIpc) is 2.45. The number of nitrogens with one attached hydrogen (secondary N) is 1. The van der Waals surface area contributed by atoms with Crippen molar-refractivity contribution in [3.8, 4) is 0 Å². The van der Waals surface area contributed by atoms with E-state index in [1.807, 2.05) is 37.3 Å². The van der Waals surface area contributed by atoms with Crippen molar-refractivity contribution >= 4 is 7.60 Å². The van der Waals surface area contributed by atoms with Crippen LogP contribution in [0.1, 0.15) is 12.5 Å². The van der Waals surface area contributed by atoms with Gasteiger partial charge in [-0.05, 0) is 12.5 Å². The first-order valence-corrected chi connectivity index (χ1v) is 7.89. The minimum Gasteiger partial charge on any atom is -0.391 e. The lowest BCUT2D eigenvalue weighted by molar-refractivity contribution is 0.143.